The lowest BCUT2D eigenvalue weighted by atomic mass is 10.4. The highest BCUT2D eigenvalue weighted by Crippen LogP contribution is 2.15. The number of aromatic nitrogens is 2. The monoisotopic (exact) mass is 262 g/mol. The number of hydrogen-bond acceptors (Lipinski definition) is 5. The summed E-state index contributed by atoms with van der Waals surface area (Å²) in [6.07, 6.45) is 1.51. The van der Waals surface area contributed by atoms with E-state index in [-0.39, 0.29) is 5.03 Å². The van der Waals surface area contributed by atoms with Gasteiger partial charge < -0.3 is 10.1 Å². The van der Waals surface area contributed by atoms with Crippen LogP contribution in [0.5, 0.6) is 0 Å². The van der Waals surface area contributed by atoms with Gasteiger partial charge in [0.1, 0.15) is 0 Å². The number of methoxy groups -OCH3 is 1. The van der Waals surface area contributed by atoms with Gasteiger partial charge in [0.05, 0.1) is 12.8 Å². The number of hydrogen-bond donors (Lipinski definition) is 2. The summed E-state index contributed by atoms with van der Waals surface area (Å²) in [5, 5.41) is 9.32. The van der Waals surface area contributed by atoms with Crippen LogP contribution in [0.1, 0.15) is 5.56 Å². The summed E-state index contributed by atoms with van der Waals surface area (Å²) < 4.78 is 30.4. The van der Waals surface area contributed by atoms with Crippen LogP contribution in [-0.4, -0.2) is 57.3 Å². The van der Waals surface area contributed by atoms with Crippen molar-refractivity contribution >= 4 is 10.0 Å². The van der Waals surface area contributed by atoms with Crippen molar-refractivity contribution in [2.24, 2.45) is 0 Å². The molecule has 0 saturated carbocycles. The average Bonchev–Trinajstić information content (AvgIpc) is 2.75. The number of rotatable bonds is 7. The Balaban J connectivity index is 2.92. The number of likely N-dealkylation sites (N-methyl/N-ethyl adjacent to an activating group) is 1. The highest BCUT2D eigenvalue weighted by Gasteiger charge is 2.25. The van der Waals surface area contributed by atoms with Crippen LogP contribution in [0.25, 0.3) is 0 Å². The normalized spacial score (nSPS) is 12.2. The smallest absolute Gasteiger partial charge is 0.260 e. The number of sulfonamides is 1. The summed E-state index contributed by atoms with van der Waals surface area (Å²) in [5.41, 5.74) is 0.622. The molecule has 0 unspecified atom stereocenters. The Morgan fingerprint density at radius 1 is 1.59 bits per heavy atom. The van der Waals surface area contributed by atoms with Crippen LogP contribution in [0.3, 0.4) is 0 Å². The fraction of sp³-hybridized carbons (Fsp3) is 0.667. The van der Waals surface area contributed by atoms with E-state index in [9.17, 15) is 8.42 Å². The summed E-state index contributed by atoms with van der Waals surface area (Å²) in [6.45, 7) is 1.10. The molecule has 17 heavy (non-hydrogen) atoms. The fourth-order valence-corrected chi connectivity index (χ4v) is 2.59. The van der Waals surface area contributed by atoms with Crippen LogP contribution in [0.2, 0.25) is 0 Å². The van der Waals surface area contributed by atoms with E-state index in [0.29, 0.717) is 25.3 Å². The quantitative estimate of drug-likeness (QED) is 0.685. The lowest BCUT2D eigenvalue weighted by Gasteiger charge is -2.16. The van der Waals surface area contributed by atoms with Gasteiger partial charge in [-0.15, -0.1) is 0 Å². The summed E-state index contributed by atoms with van der Waals surface area (Å²) in [4.78, 5) is 0. The molecule has 0 aliphatic rings. The number of H-pyrrole nitrogens is 1. The molecule has 7 nitrogen and oxygen atoms in total. The van der Waals surface area contributed by atoms with E-state index in [2.05, 4.69) is 15.5 Å². The standard InChI is InChI=1S/C9H18N4O3S/c1-10-6-8-7-11-12-9(8)17(14,15)13(2)4-5-16-3/h7,10H,4-6H2,1-3H3,(H,11,12). The van der Waals surface area contributed by atoms with Crippen molar-refractivity contribution in [1.29, 1.82) is 0 Å². The predicted molar refractivity (Wildman–Crippen MR) is 63.0 cm³/mol. The van der Waals surface area contributed by atoms with E-state index < -0.39 is 10.0 Å². The average molecular weight is 262 g/mol. The van der Waals surface area contributed by atoms with Gasteiger partial charge in [-0.1, -0.05) is 0 Å². The van der Waals surface area contributed by atoms with Crippen molar-refractivity contribution in [2.75, 3.05) is 34.4 Å². The molecule has 0 bridgehead atoms. The van der Waals surface area contributed by atoms with Crippen LogP contribution < -0.4 is 5.32 Å². The number of nitrogens with one attached hydrogen (secondary N) is 2. The zero-order valence-electron chi connectivity index (χ0n) is 10.2. The Hall–Kier alpha value is -0.960. The minimum Gasteiger partial charge on any atom is -0.383 e. The predicted octanol–water partition coefficient (Wildman–Crippen LogP) is -0.604. The Bertz CT molecular complexity index is 443. The molecule has 2 N–H and O–H groups in total. The van der Waals surface area contributed by atoms with E-state index in [1.165, 1.54) is 24.7 Å². The lowest BCUT2D eigenvalue weighted by Crippen LogP contribution is -2.31. The van der Waals surface area contributed by atoms with Gasteiger partial charge in [0.2, 0.25) is 0 Å². The van der Waals surface area contributed by atoms with Crippen LogP contribution in [0, 0.1) is 0 Å². The third kappa shape index (κ3) is 3.25. The van der Waals surface area contributed by atoms with Crippen LogP contribution in [-0.2, 0) is 21.3 Å². The second-order valence-electron chi connectivity index (χ2n) is 3.57. The molecule has 0 aliphatic heterocycles. The Morgan fingerprint density at radius 2 is 2.29 bits per heavy atom. The van der Waals surface area contributed by atoms with E-state index in [1.807, 2.05) is 0 Å². The van der Waals surface area contributed by atoms with Gasteiger partial charge in [0.25, 0.3) is 10.0 Å². The van der Waals surface area contributed by atoms with E-state index in [1.54, 1.807) is 7.05 Å². The molecule has 0 aliphatic carbocycles. The highest BCUT2D eigenvalue weighted by atomic mass is 32.2. The second kappa shape index (κ2) is 6.10. The minimum atomic E-state index is -3.53. The summed E-state index contributed by atoms with van der Waals surface area (Å²) in [6, 6.07) is 0. The van der Waals surface area contributed by atoms with Gasteiger partial charge in [-0.05, 0) is 7.05 Å². The molecule has 0 aromatic carbocycles. The molecule has 1 aromatic heterocycles. The third-order valence-electron chi connectivity index (χ3n) is 2.32. The Morgan fingerprint density at radius 3 is 2.88 bits per heavy atom. The topological polar surface area (TPSA) is 87.3 Å². The van der Waals surface area contributed by atoms with Gasteiger partial charge >= 0.3 is 0 Å². The van der Waals surface area contributed by atoms with Crippen LogP contribution in [0.15, 0.2) is 11.2 Å². The molecule has 1 rings (SSSR count). The zero-order chi connectivity index (χ0) is 12.9. The largest absolute Gasteiger partial charge is 0.383 e. The summed E-state index contributed by atoms with van der Waals surface area (Å²) >= 11 is 0. The van der Waals surface area contributed by atoms with Crippen molar-refractivity contribution in [3.05, 3.63) is 11.8 Å². The minimum absolute atomic E-state index is 0.130. The van der Waals surface area contributed by atoms with Crippen LogP contribution in [0.4, 0.5) is 0 Å². The maximum atomic E-state index is 12.2. The van der Waals surface area contributed by atoms with E-state index in [4.69, 9.17) is 4.74 Å². The SMILES string of the molecule is CNCc1cn[nH]c1S(=O)(=O)N(C)CCOC. The first-order valence-electron chi connectivity index (χ1n) is 5.16. The fourth-order valence-electron chi connectivity index (χ4n) is 1.33. The van der Waals surface area contributed by atoms with Gasteiger partial charge in [0.15, 0.2) is 5.03 Å². The van der Waals surface area contributed by atoms with Gasteiger partial charge in [-0.25, -0.2) is 8.42 Å². The second-order valence-corrected chi connectivity index (χ2v) is 5.56. The number of nitrogens with zero attached hydrogens (tertiary/aromatic N) is 2. The molecular weight excluding hydrogens is 244 g/mol. The molecule has 0 amide bonds. The maximum absolute atomic E-state index is 12.2. The zero-order valence-corrected chi connectivity index (χ0v) is 11.0. The van der Waals surface area contributed by atoms with Gasteiger partial charge in [-0.2, -0.15) is 9.40 Å². The van der Waals surface area contributed by atoms with E-state index in [0.717, 1.165) is 0 Å². The molecule has 98 valence electrons. The first kappa shape index (κ1) is 14.1. The van der Waals surface area contributed by atoms with Crippen molar-refractivity contribution in [3.63, 3.8) is 0 Å². The maximum Gasteiger partial charge on any atom is 0.260 e. The number of ether oxygens (including phenoxy) is 1. The Kier molecular flexibility index (Phi) is 5.06. The molecule has 0 radical (unpaired) electrons. The summed E-state index contributed by atoms with van der Waals surface area (Å²) in [7, 11) is 1.27. The van der Waals surface area contributed by atoms with Crippen LogP contribution >= 0.6 is 0 Å². The molecule has 0 spiro atoms. The first-order chi connectivity index (χ1) is 8.04. The van der Waals surface area contributed by atoms with E-state index >= 15 is 0 Å². The molecule has 1 aromatic rings. The molecule has 8 heteroatoms. The Labute approximate surface area is 101 Å². The molecular formula is C9H18N4O3S. The van der Waals surface area contributed by atoms with Gasteiger partial charge in [-0.3, -0.25) is 5.10 Å². The molecule has 0 atom stereocenters. The molecule has 0 fully saturated rings. The first-order valence-corrected chi connectivity index (χ1v) is 6.60. The third-order valence-corrected chi connectivity index (χ3v) is 4.20. The van der Waals surface area contributed by atoms with Gasteiger partial charge in [0, 0.05) is 32.8 Å². The molecule has 1 heterocycles. The highest BCUT2D eigenvalue weighted by molar-refractivity contribution is 7.89. The lowest BCUT2D eigenvalue weighted by molar-refractivity contribution is 0.185. The summed E-state index contributed by atoms with van der Waals surface area (Å²) in [5.74, 6) is 0. The van der Waals surface area contributed by atoms with Crippen molar-refractivity contribution in [1.82, 2.24) is 19.8 Å². The molecule has 0 saturated heterocycles. The van der Waals surface area contributed by atoms with Crippen molar-refractivity contribution < 1.29 is 13.2 Å². The van der Waals surface area contributed by atoms with Crippen molar-refractivity contribution in [3.8, 4) is 0 Å². The van der Waals surface area contributed by atoms with Crippen molar-refractivity contribution in [2.45, 2.75) is 11.6 Å². The number of aromatic amines is 1.